The summed E-state index contributed by atoms with van der Waals surface area (Å²) in [6, 6.07) is 9.36. The molecule has 0 fully saturated rings. The number of benzene rings is 2. The molecule has 0 saturated carbocycles. The van der Waals surface area contributed by atoms with Crippen LogP contribution < -0.4 is 10.5 Å². The molecular weight excluding hydrogens is 276 g/mol. The van der Waals surface area contributed by atoms with Gasteiger partial charge < -0.3 is 10.5 Å². The zero-order valence-corrected chi connectivity index (χ0v) is 10.8. The maximum Gasteiger partial charge on any atom is 0.149 e. The topological polar surface area (TPSA) is 35.2 Å². The fourth-order valence-electron chi connectivity index (χ4n) is 1.41. The Hall–Kier alpha value is -1.45. The third kappa shape index (κ3) is 3.06. The molecule has 2 aromatic rings. The summed E-state index contributed by atoms with van der Waals surface area (Å²) in [5.74, 6) is -0.123. The van der Waals surface area contributed by atoms with Crippen molar-refractivity contribution < 1.29 is 9.13 Å². The van der Waals surface area contributed by atoms with Gasteiger partial charge in [0.25, 0.3) is 0 Å². The Labute approximate surface area is 114 Å². The highest BCUT2D eigenvalue weighted by Crippen LogP contribution is 2.23. The molecule has 0 bridgehead atoms. The first-order valence-corrected chi connectivity index (χ1v) is 5.93. The Balaban J connectivity index is 2.11. The minimum atomic E-state index is -0.510. The van der Waals surface area contributed by atoms with Crippen molar-refractivity contribution in [2.75, 3.05) is 5.73 Å². The molecule has 2 N–H and O–H groups in total. The van der Waals surface area contributed by atoms with Gasteiger partial charge in [0.1, 0.15) is 18.2 Å². The average Bonchev–Trinajstić information content (AvgIpc) is 2.34. The standard InChI is InChI=1S/C13H10Cl2FNO/c14-9-1-3-11(15)8(5-9)7-18-10-2-4-13(17)12(16)6-10/h1-6H,7,17H2. The van der Waals surface area contributed by atoms with E-state index in [9.17, 15) is 4.39 Å². The van der Waals surface area contributed by atoms with Gasteiger partial charge in [0.05, 0.1) is 5.69 Å². The van der Waals surface area contributed by atoms with Crippen LogP contribution in [0.4, 0.5) is 10.1 Å². The van der Waals surface area contributed by atoms with Gasteiger partial charge in [0.2, 0.25) is 0 Å². The molecule has 0 saturated heterocycles. The lowest BCUT2D eigenvalue weighted by Gasteiger charge is -2.08. The van der Waals surface area contributed by atoms with Crippen LogP contribution in [-0.2, 0) is 6.61 Å². The summed E-state index contributed by atoms with van der Waals surface area (Å²) in [7, 11) is 0. The van der Waals surface area contributed by atoms with Crippen LogP contribution in [0.2, 0.25) is 10.0 Å². The largest absolute Gasteiger partial charge is 0.489 e. The number of hydrogen-bond acceptors (Lipinski definition) is 2. The third-order valence-electron chi connectivity index (χ3n) is 2.37. The molecule has 0 spiro atoms. The number of nitrogen functional groups attached to an aromatic ring is 1. The van der Waals surface area contributed by atoms with Gasteiger partial charge in [-0.05, 0) is 30.3 Å². The quantitative estimate of drug-likeness (QED) is 0.854. The van der Waals surface area contributed by atoms with Crippen molar-refractivity contribution in [1.82, 2.24) is 0 Å². The van der Waals surface area contributed by atoms with Crippen molar-refractivity contribution in [3.05, 3.63) is 57.8 Å². The molecule has 0 aliphatic rings. The Morgan fingerprint density at radius 3 is 2.61 bits per heavy atom. The highest BCUT2D eigenvalue weighted by Gasteiger charge is 2.04. The molecule has 94 valence electrons. The van der Waals surface area contributed by atoms with Crippen LogP contribution in [0.25, 0.3) is 0 Å². The molecule has 0 radical (unpaired) electrons. The van der Waals surface area contributed by atoms with Crippen molar-refractivity contribution in [2.45, 2.75) is 6.61 Å². The van der Waals surface area contributed by atoms with Crippen LogP contribution in [0.1, 0.15) is 5.56 Å². The van der Waals surface area contributed by atoms with E-state index in [2.05, 4.69) is 0 Å². The van der Waals surface area contributed by atoms with Crippen molar-refractivity contribution in [3.63, 3.8) is 0 Å². The molecule has 0 aliphatic carbocycles. The van der Waals surface area contributed by atoms with Crippen LogP contribution in [0.3, 0.4) is 0 Å². The van der Waals surface area contributed by atoms with Crippen molar-refractivity contribution >= 4 is 28.9 Å². The van der Waals surface area contributed by atoms with Crippen LogP contribution in [0.5, 0.6) is 5.75 Å². The van der Waals surface area contributed by atoms with E-state index < -0.39 is 5.82 Å². The summed E-state index contributed by atoms with van der Waals surface area (Å²) in [4.78, 5) is 0. The maximum atomic E-state index is 13.2. The summed E-state index contributed by atoms with van der Waals surface area (Å²) in [6.45, 7) is 0.211. The smallest absolute Gasteiger partial charge is 0.149 e. The SMILES string of the molecule is Nc1ccc(OCc2cc(Cl)ccc2Cl)cc1F. The molecule has 0 heterocycles. The Morgan fingerprint density at radius 2 is 1.89 bits per heavy atom. The zero-order valence-electron chi connectivity index (χ0n) is 9.29. The van der Waals surface area contributed by atoms with Crippen LogP contribution in [0.15, 0.2) is 36.4 Å². The number of anilines is 1. The molecule has 0 atom stereocenters. The zero-order chi connectivity index (χ0) is 13.1. The number of rotatable bonds is 3. The van der Waals surface area contributed by atoms with Gasteiger partial charge in [-0.2, -0.15) is 0 Å². The van der Waals surface area contributed by atoms with Gasteiger partial charge in [-0.15, -0.1) is 0 Å². The van der Waals surface area contributed by atoms with E-state index in [1.54, 1.807) is 24.3 Å². The first kappa shape index (κ1) is 13.0. The predicted octanol–water partition coefficient (Wildman–Crippen LogP) is 4.29. The van der Waals surface area contributed by atoms with E-state index in [0.717, 1.165) is 5.56 Å². The lowest BCUT2D eigenvalue weighted by atomic mass is 10.2. The van der Waals surface area contributed by atoms with E-state index in [4.69, 9.17) is 33.7 Å². The van der Waals surface area contributed by atoms with E-state index in [-0.39, 0.29) is 12.3 Å². The second kappa shape index (κ2) is 5.46. The van der Waals surface area contributed by atoms with E-state index in [1.165, 1.54) is 12.1 Å². The molecule has 0 aliphatic heterocycles. The summed E-state index contributed by atoms with van der Waals surface area (Å²) in [5, 5.41) is 1.12. The number of hydrogen-bond donors (Lipinski definition) is 1. The molecule has 0 aromatic heterocycles. The summed E-state index contributed by atoms with van der Waals surface area (Å²) in [6.07, 6.45) is 0. The Bertz CT molecular complexity index is 575. The molecule has 5 heteroatoms. The normalized spacial score (nSPS) is 10.4. The number of halogens is 3. The van der Waals surface area contributed by atoms with Gasteiger partial charge in [0, 0.05) is 21.7 Å². The minimum absolute atomic E-state index is 0.0862. The molecule has 2 nitrogen and oxygen atoms in total. The third-order valence-corrected chi connectivity index (χ3v) is 2.98. The van der Waals surface area contributed by atoms with Gasteiger partial charge >= 0.3 is 0 Å². The number of ether oxygens (including phenoxy) is 1. The average molecular weight is 286 g/mol. The molecule has 18 heavy (non-hydrogen) atoms. The van der Waals surface area contributed by atoms with E-state index in [0.29, 0.717) is 15.8 Å². The highest BCUT2D eigenvalue weighted by molar-refractivity contribution is 6.33. The van der Waals surface area contributed by atoms with Crippen molar-refractivity contribution in [2.24, 2.45) is 0 Å². The van der Waals surface area contributed by atoms with E-state index in [1.807, 2.05) is 0 Å². The first-order valence-electron chi connectivity index (χ1n) is 5.18. The fourth-order valence-corrected chi connectivity index (χ4v) is 1.78. The van der Waals surface area contributed by atoms with Gasteiger partial charge in [0.15, 0.2) is 0 Å². The highest BCUT2D eigenvalue weighted by atomic mass is 35.5. The summed E-state index contributed by atoms with van der Waals surface area (Å²) >= 11 is 11.8. The lowest BCUT2D eigenvalue weighted by Crippen LogP contribution is -1.98. The van der Waals surface area contributed by atoms with Gasteiger partial charge in [-0.25, -0.2) is 4.39 Å². The van der Waals surface area contributed by atoms with E-state index >= 15 is 0 Å². The lowest BCUT2D eigenvalue weighted by molar-refractivity contribution is 0.305. The second-order valence-corrected chi connectivity index (χ2v) is 4.55. The Kier molecular flexibility index (Phi) is 3.94. The fraction of sp³-hybridized carbons (Fsp3) is 0.0769. The molecule has 0 amide bonds. The summed E-state index contributed by atoms with van der Waals surface area (Å²) in [5.41, 5.74) is 6.19. The Morgan fingerprint density at radius 1 is 1.11 bits per heavy atom. The molecular formula is C13H10Cl2FNO. The van der Waals surface area contributed by atoms with Crippen LogP contribution in [-0.4, -0.2) is 0 Å². The summed E-state index contributed by atoms with van der Waals surface area (Å²) < 4.78 is 18.6. The first-order chi connectivity index (χ1) is 8.56. The van der Waals surface area contributed by atoms with Crippen molar-refractivity contribution in [1.29, 1.82) is 0 Å². The minimum Gasteiger partial charge on any atom is -0.489 e. The van der Waals surface area contributed by atoms with Gasteiger partial charge in [-0.1, -0.05) is 23.2 Å². The molecule has 0 unspecified atom stereocenters. The van der Waals surface area contributed by atoms with Gasteiger partial charge in [-0.3, -0.25) is 0 Å². The predicted molar refractivity (Wildman–Crippen MR) is 71.6 cm³/mol. The monoisotopic (exact) mass is 285 g/mol. The maximum absolute atomic E-state index is 13.2. The van der Waals surface area contributed by atoms with Crippen LogP contribution in [0, 0.1) is 5.82 Å². The van der Waals surface area contributed by atoms with Crippen molar-refractivity contribution in [3.8, 4) is 5.75 Å². The second-order valence-electron chi connectivity index (χ2n) is 3.71. The molecule has 2 rings (SSSR count). The van der Waals surface area contributed by atoms with Crippen LogP contribution >= 0.6 is 23.2 Å². The number of nitrogens with two attached hydrogens (primary N) is 1. The molecule has 2 aromatic carbocycles.